The Balaban J connectivity index is 1.67. The molecule has 3 fully saturated rings. The van der Waals surface area contributed by atoms with Crippen molar-refractivity contribution in [3.05, 3.63) is 24.0 Å². The van der Waals surface area contributed by atoms with Crippen LogP contribution in [0.4, 0.5) is 18.9 Å². The van der Waals surface area contributed by atoms with Crippen molar-refractivity contribution in [3.63, 3.8) is 0 Å². The minimum atomic E-state index is -3.01. The van der Waals surface area contributed by atoms with E-state index in [-0.39, 0.29) is 0 Å². The van der Waals surface area contributed by atoms with Crippen LogP contribution in [0, 0.1) is 11.7 Å². The fourth-order valence-corrected chi connectivity index (χ4v) is 3.12. The minimum absolute atomic E-state index is 0.304. The molecule has 0 radical (unpaired) electrons. The van der Waals surface area contributed by atoms with Crippen LogP contribution >= 0.6 is 0 Å². The summed E-state index contributed by atoms with van der Waals surface area (Å²) in [5.74, 6) is -0.573. The van der Waals surface area contributed by atoms with E-state index in [0.29, 0.717) is 17.6 Å². The smallest absolute Gasteiger partial charge is 0.387 e. The number of benzene rings is 1. The van der Waals surface area contributed by atoms with Gasteiger partial charge in [0.15, 0.2) is 11.6 Å². The number of hydrogen-bond donors (Lipinski definition) is 1. The Morgan fingerprint density at radius 2 is 2.00 bits per heavy atom. The molecule has 3 aliphatic rings. The van der Waals surface area contributed by atoms with E-state index >= 15 is 0 Å². The molecule has 1 aromatic carbocycles. The molecule has 4 rings (SSSR count). The number of fused-ring (bicyclic) bond motifs is 3. The molecule has 0 spiro atoms. The molecule has 3 heterocycles. The van der Waals surface area contributed by atoms with Crippen molar-refractivity contribution in [2.45, 2.75) is 25.5 Å². The van der Waals surface area contributed by atoms with Crippen LogP contribution in [0.15, 0.2) is 18.2 Å². The van der Waals surface area contributed by atoms with Gasteiger partial charge < -0.3 is 15.0 Å². The average molecular weight is 286 g/mol. The number of ether oxygens (including phenoxy) is 1. The third-order valence-corrected chi connectivity index (χ3v) is 4.16. The van der Waals surface area contributed by atoms with Gasteiger partial charge in [-0.15, -0.1) is 0 Å². The highest BCUT2D eigenvalue weighted by atomic mass is 19.3. The first kappa shape index (κ1) is 13.5. The van der Waals surface area contributed by atoms with Gasteiger partial charge in [-0.2, -0.15) is 8.78 Å². The molecular weight excluding hydrogens is 269 g/mol. The summed E-state index contributed by atoms with van der Waals surface area (Å²) in [6, 6.07) is 4.35. The normalized spacial score (nSPS) is 28.7. The Labute approximate surface area is 115 Å². The summed E-state index contributed by atoms with van der Waals surface area (Å²) < 4.78 is 41.9. The van der Waals surface area contributed by atoms with E-state index in [1.165, 1.54) is 12.1 Å². The molecule has 1 unspecified atom stereocenters. The van der Waals surface area contributed by atoms with Gasteiger partial charge in [0.1, 0.15) is 0 Å². The second-order valence-corrected chi connectivity index (χ2v) is 5.41. The lowest BCUT2D eigenvalue weighted by Crippen LogP contribution is -2.53. The number of halogens is 3. The van der Waals surface area contributed by atoms with Crippen LogP contribution in [0.3, 0.4) is 0 Å². The first-order valence-electron chi connectivity index (χ1n) is 6.85. The van der Waals surface area contributed by atoms with Crippen molar-refractivity contribution >= 4 is 5.69 Å². The zero-order valence-electron chi connectivity index (χ0n) is 11.0. The van der Waals surface area contributed by atoms with Gasteiger partial charge >= 0.3 is 6.61 Å². The summed E-state index contributed by atoms with van der Waals surface area (Å²) >= 11 is 0. The van der Waals surface area contributed by atoms with Crippen molar-refractivity contribution in [1.82, 2.24) is 4.90 Å². The molecule has 0 saturated carbocycles. The van der Waals surface area contributed by atoms with Gasteiger partial charge in [-0.1, -0.05) is 0 Å². The number of hydrogen-bond acceptors (Lipinski definition) is 3. The van der Waals surface area contributed by atoms with E-state index in [2.05, 4.69) is 15.0 Å². The third kappa shape index (κ3) is 2.85. The Kier molecular flexibility index (Phi) is 3.74. The zero-order chi connectivity index (χ0) is 14.1. The van der Waals surface area contributed by atoms with Crippen molar-refractivity contribution in [3.8, 4) is 5.75 Å². The third-order valence-electron chi connectivity index (χ3n) is 4.16. The van der Waals surface area contributed by atoms with Gasteiger partial charge in [-0.3, -0.25) is 0 Å². The Hall–Kier alpha value is -1.43. The van der Waals surface area contributed by atoms with Crippen molar-refractivity contribution in [2.75, 3.05) is 25.0 Å². The van der Waals surface area contributed by atoms with Gasteiger partial charge in [0.05, 0.1) is 0 Å². The molecule has 1 atom stereocenters. The maximum Gasteiger partial charge on any atom is 0.387 e. The molecule has 0 amide bonds. The fraction of sp³-hybridized carbons (Fsp3) is 0.571. The second-order valence-electron chi connectivity index (χ2n) is 5.41. The van der Waals surface area contributed by atoms with Crippen LogP contribution in [0.1, 0.15) is 12.8 Å². The lowest BCUT2D eigenvalue weighted by atomic mass is 9.84. The number of nitrogens with one attached hydrogen (secondary N) is 1. The zero-order valence-corrected chi connectivity index (χ0v) is 11.0. The molecule has 6 heteroatoms. The van der Waals surface area contributed by atoms with E-state index in [0.717, 1.165) is 32.5 Å². The predicted octanol–water partition coefficient (Wildman–Crippen LogP) is 2.93. The average Bonchev–Trinajstić information content (AvgIpc) is 2.43. The standard InChI is InChI=1S/C14H17F3N2O/c15-11-7-10(1-2-13(11)20-14(16)17)18-12-8-19-5-3-9(12)4-6-19/h1-2,7,9,12,14,18H,3-6,8H2. The van der Waals surface area contributed by atoms with E-state index in [1.54, 1.807) is 6.07 Å². The van der Waals surface area contributed by atoms with E-state index in [1.807, 2.05) is 0 Å². The highest BCUT2D eigenvalue weighted by Crippen LogP contribution is 2.31. The van der Waals surface area contributed by atoms with E-state index in [9.17, 15) is 13.2 Å². The Bertz CT molecular complexity index is 475. The Morgan fingerprint density at radius 1 is 1.25 bits per heavy atom. The predicted molar refractivity (Wildman–Crippen MR) is 69.6 cm³/mol. The van der Waals surface area contributed by atoms with Crippen LogP contribution in [-0.4, -0.2) is 37.2 Å². The van der Waals surface area contributed by atoms with Gasteiger partial charge in [0.25, 0.3) is 0 Å². The SMILES string of the molecule is Fc1cc(NC2CN3CCC2CC3)ccc1OC(F)F. The van der Waals surface area contributed by atoms with Crippen molar-refractivity contribution in [2.24, 2.45) is 5.92 Å². The monoisotopic (exact) mass is 286 g/mol. The molecule has 1 N–H and O–H groups in total. The number of piperidine rings is 3. The molecule has 3 nitrogen and oxygen atoms in total. The molecule has 0 aliphatic carbocycles. The molecule has 2 bridgehead atoms. The lowest BCUT2D eigenvalue weighted by molar-refractivity contribution is -0.0521. The molecule has 1 aromatic rings. The van der Waals surface area contributed by atoms with Gasteiger partial charge in [-0.25, -0.2) is 4.39 Å². The van der Waals surface area contributed by atoms with Crippen LogP contribution in [0.25, 0.3) is 0 Å². The summed E-state index contributed by atoms with van der Waals surface area (Å²) in [7, 11) is 0. The highest BCUT2D eigenvalue weighted by molar-refractivity contribution is 5.48. The topological polar surface area (TPSA) is 24.5 Å². The molecule has 110 valence electrons. The van der Waals surface area contributed by atoms with Gasteiger partial charge in [0.2, 0.25) is 0 Å². The first-order chi connectivity index (χ1) is 9.61. The number of nitrogens with zero attached hydrogens (tertiary/aromatic N) is 1. The number of alkyl halides is 2. The molecule has 3 aliphatic heterocycles. The summed E-state index contributed by atoms with van der Waals surface area (Å²) in [4.78, 5) is 2.39. The summed E-state index contributed by atoms with van der Waals surface area (Å²) in [6.07, 6.45) is 2.32. The highest BCUT2D eigenvalue weighted by Gasteiger charge is 2.33. The second kappa shape index (κ2) is 5.52. The summed E-state index contributed by atoms with van der Waals surface area (Å²) in [5, 5.41) is 3.31. The Morgan fingerprint density at radius 3 is 2.55 bits per heavy atom. The maximum absolute atomic E-state index is 13.6. The largest absolute Gasteiger partial charge is 0.432 e. The van der Waals surface area contributed by atoms with Crippen molar-refractivity contribution in [1.29, 1.82) is 0 Å². The van der Waals surface area contributed by atoms with Crippen LogP contribution < -0.4 is 10.1 Å². The fourth-order valence-electron chi connectivity index (χ4n) is 3.12. The summed E-state index contributed by atoms with van der Waals surface area (Å²) in [6.45, 7) is 0.225. The first-order valence-corrected chi connectivity index (χ1v) is 6.85. The minimum Gasteiger partial charge on any atom is -0.432 e. The van der Waals surface area contributed by atoms with Crippen molar-refractivity contribution < 1.29 is 17.9 Å². The lowest BCUT2D eigenvalue weighted by Gasteiger charge is -2.45. The van der Waals surface area contributed by atoms with Gasteiger partial charge in [0, 0.05) is 24.3 Å². The van der Waals surface area contributed by atoms with E-state index < -0.39 is 18.2 Å². The molecule has 0 aromatic heterocycles. The molecule has 3 saturated heterocycles. The number of rotatable bonds is 4. The number of anilines is 1. The molecule has 20 heavy (non-hydrogen) atoms. The van der Waals surface area contributed by atoms with Crippen LogP contribution in [0.5, 0.6) is 5.75 Å². The quantitative estimate of drug-likeness (QED) is 0.921. The molecular formula is C14H17F3N2O. The van der Waals surface area contributed by atoms with Crippen LogP contribution in [0.2, 0.25) is 0 Å². The van der Waals surface area contributed by atoms with Crippen LogP contribution in [-0.2, 0) is 0 Å². The van der Waals surface area contributed by atoms with Gasteiger partial charge in [-0.05, 0) is 44.0 Å². The maximum atomic E-state index is 13.6. The van der Waals surface area contributed by atoms with E-state index in [4.69, 9.17) is 0 Å². The summed E-state index contributed by atoms with van der Waals surface area (Å²) in [5.41, 5.74) is 0.614.